The van der Waals surface area contributed by atoms with Crippen molar-refractivity contribution in [2.75, 3.05) is 18.5 Å². The largest absolute Gasteiger partial charge is 0.449 e. The van der Waals surface area contributed by atoms with Crippen LogP contribution in [0.25, 0.3) is 11.1 Å². The van der Waals surface area contributed by atoms with Crippen molar-refractivity contribution in [2.24, 2.45) is 11.7 Å². The van der Waals surface area contributed by atoms with Gasteiger partial charge in [-0.2, -0.15) is 0 Å². The number of ether oxygens (including phenoxy) is 1. The van der Waals surface area contributed by atoms with Gasteiger partial charge in [0.1, 0.15) is 18.7 Å². The molecular weight excluding hydrogens is 789 g/mol. The zero-order chi connectivity index (χ0) is 38.2. The van der Waals surface area contributed by atoms with E-state index < -0.39 is 44.3 Å². The van der Waals surface area contributed by atoms with Crippen LogP contribution in [0.2, 0.25) is 18.1 Å². The van der Waals surface area contributed by atoms with Gasteiger partial charge in [0.2, 0.25) is 11.8 Å². The SMILES string of the molecule is CC(C)C(NC(=O)OCC1c2ccccc2-c2ccccc21)C(=O)NC(CCCNC(N)=O)C(=O)Nc1ccc(CO[Si](C)(C)C(C)(C)C)c(I)c1. The summed E-state index contributed by atoms with van der Waals surface area (Å²) in [6.45, 7) is 15.4. The van der Waals surface area contributed by atoms with Gasteiger partial charge in [-0.3, -0.25) is 9.59 Å². The predicted molar refractivity (Wildman–Crippen MR) is 215 cm³/mol. The Kier molecular flexibility index (Phi) is 13.9. The van der Waals surface area contributed by atoms with Crippen LogP contribution in [-0.2, 0) is 25.4 Å². The molecule has 2 unspecified atom stereocenters. The normalized spacial score (nSPS) is 13.8. The molecule has 52 heavy (non-hydrogen) atoms. The Labute approximate surface area is 321 Å². The molecule has 0 bridgehead atoms. The molecule has 280 valence electrons. The first-order valence-electron chi connectivity index (χ1n) is 17.7. The summed E-state index contributed by atoms with van der Waals surface area (Å²) in [6, 6.07) is 19.1. The minimum absolute atomic E-state index is 0.0818. The second-order valence-corrected chi connectivity index (χ2v) is 21.0. The number of nitrogens with one attached hydrogen (secondary N) is 4. The van der Waals surface area contributed by atoms with Crippen LogP contribution in [0.4, 0.5) is 15.3 Å². The predicted octanol–water partition coefficient (Wildman–Crippen LogP) is 7.25. The Hall–Kier alpha value is -3.95. The number of carbonyl (C=O) groups excluding carboxylic acids is 4. The first-order valence-corrected chi connectivity index (χ1v) is 21.7. The van der Waals surface area contributed by atoms with E-state index in [0.717, 1.165) is 31.4 Å². The van der Waals surface area contributed by atoms with Crippen molar-refractivity contribution in [1.82, 2.24) is 16.0 Å². The standard InChI is InChI=1S/C39H52IN5O6Si/c1-24(2)34(45-38(49)50-23-31-29-15-10-8-13-27(29)28-14-9-11-16-30(28)31)36(47)44-33(17-12-20-42-37(41)48)35(46)43-26-19-18-25(32(40)21-26)22-51-52(6,7)39(3,4)5/h8-11,13-16,18-19,21,24,31,33-34H,12,17,20,22-23H2,1-7H3,(H,43,46)(H,44,47)(H,45,49)(H3,41,42,48). The number of halogens is 1. The monoisotopic (exact) mass is 841 g/mol. The van der Waals surface area contributed by atoms with Crippen molar-refractivity contribution in [3.63, 3.8) is 0 Å². The van der Waals surface area contributed by atoms with Gasteiger partial charge in [0.25, 0.3) is 0 Å². The molecule has 0 aromatic heterocycles. The molecule has 5 amide bonds. The lowest BCUT2D eigenvalue weighted by molar-refractivity contribution is -0.128. The fourth-order valence-electron chi connectivity index (χ4n) is 5.80. The van der Waals surface area contributed by atoms with Crippen LogP contribution in [0.1, 0.15) is 70.1 Å². The quantitative estimate of drug-likeness (QED) is 0.0616. The van der Waals surface area contributed by atoms with E-state index in [2.05, 4.69) is 89.9 Å². The zero-order valence-corrected chi connectivity index (χ0v) is 34.3. The van der Waals surface area contributed by atoms with Gasteiger partial charge in [0.15, 0.2) is 8.32 Å². The second-order valence-electron chi connectivity index (χ2n) is 15.0. The Morgan fingerprint density at radius 3 is 2.08 bits per heavy atom. The van der Waals surface area contributed by atoms with Crippen molar-refractivity contribution in [3.8, 4) is 11.1 Å². The van der Waals surface area contributed by atoms with Gasteiger partial charge in [-0.25, -0.2) is 9.59 Å². The number of primary amides is 1. The average Bonchev–Trinajstić information content (AvgIpc) is 3.39. The van der Waals surface area contributed by atoms with Gasteiger partial charge in [0, 0.05) is 21.7 Å². The maximum Gasteiger partial charge on any atom is 0.407 e. The van der Waals surface area contributed by atoms with Gasteiger partial charge in [0.05, 0.1) is 6.61 Å². The number of nitrogens with two attached hydrogens (primary N) is 1. The van der Waals surface area contributed by atoms with E-state index in [1.807, 2.05) is 54.6 Å². The van der Waals surface area contributed by atoms with Crippen molar-refractivity contribution in [1.29, 1.82) is 0 Å². The van der Waals surface area contributed by atoms with E-state index in [0.29, 0.717) is 18.7 Å². The molecule has 0 heterocycles. The molecule has 3 aromatic rings. The lowest BCUT2D eigenvalue weighted by atomic mass is 9.98. The average molecular weight is 842 g/mol. The summed E-state index contributed by atoms with van der Waals surface area (Å²) < 4.78 is 13.0. The van der Waals surface area contributed by atoms with Crippen LogP contribution in [0.3, 0.4) is 0 Å². The summed E-state index contributed by atoms with van der Waals surface area (Å²) in [6.07, 6.45) is -0.146. The maximum absolute atomic E-state index is 13.7. The summed E-state index contributed by atoms with van der Waals surface area (Å²) >= 11 is 2.23. The van der Waals surface area contributed by atoms with Gasteiger partial charge < -0.3 is 36.2 Å². The number of urea groups is 1. The zero-order valence-electron chi connectivity index (χ0n) is 31.1. The summed E-state index contributed by atoms with van der Waals surface area (Å²) in [5, 5.41) is 11.1. The van der Waals surface area contributed by atoms with Gasteiger partial charge >= 0.3 is 12.1 Å². The first-order chi connectivity index (χ1) is 24.5. The molecule has 11 nitrogen and oxygen atoms in total. The van der Waals surface area contributed by atoms with Crippen LogP contribution in [0, 0.1) is 9.49 Å². The first kappa shape index (κ1) is 40.8. The van der Waals surface area contributed by atoms with Crippen LogP contribution in [0.15, 0.2) is 66.7 Å². The summed E-state index contributed by atoms with van der Waals surface area (Å²) in [5.41, 5.74) is 11.2. The Morgan fingerprint density at radius 1 is 0.904 bits per heavy atom. The molecular formula is C39H52IN5O6Si. The Balaban J connectivity index is 1.41. The van der Waals surface area contributed by atoms with Crippen molar-refractivity contribution in [2.45, 2.75) is 90.2 Å². The fourth-order valence-corrected chi connectivity index (χ4v) is 7.42. The third-order valence-corrected chi connectivity index (χ3v) is 15.4. The maximum atomic E-state index is 13.7. The molecule has 4 rings (SSSR count). The number of alkyl carbamates (subject to hydrolysis) is 1. The minimum Gasteiger partial charge on any atom is -0.449 e. The van der Waals surface area contributed by atoms with Crippen LogP contribution in [-0.4, -0.2) is 57.5 Å². The summed E-state index contributed by atoms with van der Waals surface area (Å²) in [7, 11) is -1.95. The molecule has 1 aliphatic carbocycles. The minimum atomic E-state index is -1.95. The third kappa shape index (κ3) is 10.6. The van der Waals surface area contributed by atoms with E-state index in [9.17, 15) is 19.2 Å². The molecule has 13 heteroatoms. The lowest BCUT2D eigenvalue weighted by Gasteiger charge is -2.36. The molecule has 0 fully saturated rings. The number of rotatable bonds is 15. The lowest BCUT2D eigenvalue weighted by Crippen LogP contribution is -2.54. The molecule has 0 saturated carbocycles. The van der Waals surface area contributed by atoms with Crippen molar-refractivity contribution >= 4 is 60.5 Å². The molecule has 0 aliphatic heterocycles. The number of hydrogen-bond acceptors (Lipinski definition) is 6. The summed E-state index contributed by atoms with van der Waals surface area (Å²) in [4.78, 5) is 51.7. The molecule has 3 aromatic carbocycles. The Bertz CT molecular complexity index is 1720. The fraction of sp³-hybridized carbons (Fsp3) is 0.436. The highest BCUT2D eigenvalue weighted by Gasteiger charge is 2.37. The number of hydrogen-bond donors (Lipinski definition) is 5. The highest BCUT2D eigenvalue weighted by Crippen LogP contribution is 2.44. The molecule has 0 spiro atoms. The van der Waals surface area contributed by atoms with Gasteiger partial charge in [-0.05, 0) is 99.4 Å². The van der Waals surface area contributed by atoms with Gasteiger partial charge in [-0.15, -0.1) is 0 Å². The van der Waals surface area contributed by atoms with Gasteiger partial charge in [-0.1, -0.05) is 89.2 Å². The number of amides is 5. The topological polar surface area (TPSA) is 161 Å². The number of fused-ring (bicyclic) bond motifs is 3. The highest BCUT2D eigenvalue weighted by molar-refractivity contribution is 14.1. The number of benzene rings is 3. The van der Waals surface area contributed by atoms with Crippen LogP contribution in [0.5, 0.6) is 0 Å². The van der Waals surface area contributed by atoms with E-state index in [-0.39, 0.29) is 36.4 Å². The smallest absolute Gasteiger partial charge is 0.407 e. The van der Waals surface area contributed by atoms with E-state index in [1.165, 1.54) is 0 Å². The Morgan fingerprint density at radius 2 is 1.52 bits per heavy atom. The molecule has 0 radical (unpaired) electrons. The van der Waals surface area contributed by atoms with Crippen molar-refractivity contribution in [3.05, 3.63) is 87.0 Å². The van der Waals surface area contributed by atoms with Crippen LogP contribution >= 0.6 is 22.6 Å². The molecule has 2 atom stereocenters. The summed E-state index contributed by atoms with van der Waals surface area (Å²) in [5.74, 6) is -1.41. The van der Waals surface area contributed by atoms with E-state index in [1.54, 1.807) is 13.8 Å². The molecule has 6 N–H and O–H groups in total. The second kappa shape index (κ2) is 17.7. The third-order valence-electron chi connectivity index (χ3n) is 9.88. The van der Waals surface area contributed by atoms with Crippen LogP contribution < -0.4 is 27.0 Å². The molecule has 1 aliphatic rings. The highest BCUT2D eigenvalue weighted by atomic mass is 127. The number of anilines is 1. The van der Waals surface area contributed by atoms with E-state index >= 15 is 0 Å². The van der Waals surface area contributed by atoms with E-state index in [4.69, 9.17) is 14.9 Å². The van der Waals surface area contributed by atoms with Crippen molar-refractivity contribution < 1.29 is 28.3 Å². The number of carbonyl (C=O) groups is 4. The molecule has 0 saturated heterocycles.